The van der Waals surface area contributed by atoms with Crippen LogP contribution in [0.3, 0.4) is 0 Å². The summed E-state index contributed by atoms with van der Waals surface area (Å²) in [6, 6.07) is 6.10. The van der Waals surface area contributed by atoms with E-state index >= 15 is 0 Å². The predicted octanol–water partition coefficient (Wildman–Crippen LogP) is 5.04. The van der Waals surface area contributed by atoms with Crippen LogP contribution in [0.4, 0.5) is 22.0 Å². The van der Waals surface area contributed by atoms with Gasteiger partial charge >= 0.3 is 5.97 Å². The van der Waals surface area contributed by atoms with E-state index in [4.69, 9.17) is 5.11 Å². The molecule has 0 unspecified atom stereocenters. The third-order valence-corrected chi connectivity index (χ3v) is 3.34. The summed E-state index contributed by atoms with van der Waals surface area (Å²) in [6.07, 6.45) is 3.53. The first-order valence-electron chi connectivity index (χ1n) is 6.93. The molecule has 0 aromatic heterocycles. The molecule has 25 heavy (non-hydrogen) atoms. The Hall–Kier alpha value is -2.96. The maximum atomic E-state index is 13.8. The zero-order chi connectivity index (χ0) is 18.7. The number of allylic oxidation sites excluding steroid dienone is 1. The maximum absolute atomic E-state index is 13.8. The lowest BCUT2D eigenvalue weighted by molar-refractivity contribution is -0.131. The fourth-order valence-electron chi connectivity index (χ4n) is 2.14. The highest BCUT2D eigenvalue weighted by molar-refractivity contribution is 5.85. The molecule has 0 aliphatic heterocycles. The quantitative estimate of drug-likeness (QED) is 0.275. The first kappa shape index (κ1) is 18.4. The second-order valence-electron chi connectivity index (χ2n) is 5.11. The zero-order valence-electron chi connectivity index (χ0n) is 12.8. The summed E-state index contributed by atoms with van der Waals surface area (Å²) in [5.74, 6) is -11.1. The summed E-state index contributed by atoms with van der Waals surface area (Å²) in [5, 5.41) is 8.54. The average molecular weight is 354 g/mol. The van der Waals surface area contributed by atoms with Crippen molar-refractivity contribution >= 4 is 23.7 Å². The zero-order valence-corrected chi connectivity index (χ0v) is 12.8. The van der Waals surface area contributed by atoms with E-state index in [2.05, 4.69) is 0 Å². The Morgan fingerprint density at radius 3 is 1.76 bits per heavy atom. The Balaban J connectivity index is 2.41. The summed E-state index contributed by atoms with van der Waals surface area (Å²) < 4.78 is 67.1. The summed E-state index contributed by atoms with van der Waals surface area (Å²) in [4.78, 5) is 10.4. The molecule has 0 fully saturated rings. The summed E-state index contributed by atoms with van der Waals surface area (Å²) >= 11 is 0. The lowest BCUT2D eigenvalue weighted by atomic mass is 10.0. The molecule has 2 rings (SSSR count). The van der Waals surface area contributed by atoms with E-state index in [-0.39, 0.29) is 5.57 Å². The molecule has 130 valence electrons. The molecule has 0 atom stereocenters. The maximum Gasteiger partial charge on any atom is 0.328 e. The number of halogens is 5. The van der Waals surface area contributed by atoms with Gasteiger partial charge in [-0.05, 0) is 29.7 Å². The Morgan fingerprint density at radius 2 is 1.28 bits per heavy atom. The van der Waals surface area contributed by atoms with Crippen molar-refractivity contribution in [2.24, 2.45) is 0 Å². The molecule has 2 nitrogen and oxygen atoms in total. The van der Waals surface area contributed by atoms with Gasteiger partial charge in [0.2, 0.25) is 5.82 Å². The summed E-state index contributed by atoms with van der Waals surface area (Å²) in [7, 11) is 0. The SMILES string of the molecule is CC(=Cc1ccc(C=CC(=O)O)cc1)c1c(F)c(F)c(F)c(F)c1F. The molecule has 0 saturated heterocycles. The van der Waals surface area contributed by atoms with Crippen LogP contribution in [0.2, 0.25) is 0 Å². The first-order chi connectivity index (χ1) is 11.7. The highest BCUT2D eigenvalue weighted by Crippen LogP contribution is 2.29. The molecule has 2 aromatic rings. The van der Waals surface area contributed by atoms with Crippen LogP contribution in [0.15, 0.2) is 30.3 Å². The standard InChI is InChI=1S/C18H11F5O2/c1-9(13-14(19)16(21)18(23)17(22)15(13)20)8-11-4-2-10(3-5-11)6-7-12(24)25/h2-8H,1H3,(H,24,25). The van der Waals surface area contributed by atoms with Crippen LogP contribution in [0.1, 0.15) is 23.6 Å². The molecule has 0 aliphatic rings. The Labute approximate surface area is 139 Å². The van der Waals surface area contributed by atoms with Crippen molar-refractivity contribution in [3.63, 3.8) is 0 Å². The van der Waals surface area contributed by atoms with Crippen molar-refractivity contribution in [1.82, 2.24) is 0 Å². The van der Waals surface area contributed by atoms with E-state index in [1.54, 1.807) is 0 Å². The van der Waals surface area contributed by atoms with Gasteiger partial charge in [0.25, 0.3) is 0 Å². The number of rotatable bonds is 4. The van der Waals surface area contributed by atoms with Crippen LogP contribution >= 0.6 is 0 Å². The molecular formula is C18H11F5O2. The summed E-state index contributed by atoms with van der Waals surface area (Å²) in [5.41, 5.74) is -0.143. The Kier molecular flexibility index (Phi) is 5.36. The van der Waals surface area contributed by atoms with Crippen molar-refractivity contribution in [2.75, 3.05) is 0 Å². The van der Waals surface area contributed by atoms with Crippen molar-refractivity contribution in [3.8, 4) is 0 Å². The molecule has 0 aliphatic carbocycles. The highest BCUT2D eigenvalue weighted by atomic mass is 19.2. The minimum Gasteiger partial charge on any atom is -0.478 e. The normalized spacial score (nSPS) is 12.0. The van der Waals surface area contributed by atoms with Gasteiger partial charge in [-0.2, -0.15) is 0 Å². The number of hydrogen-bond donors (Lipinski definition) is 1. The van der Waals surface area contributed by atoms with Gasteiger partial charge in [0.1, 0.15) is 0 Å². The Morgan fingerprint density at radius 1 is 0.840 bits per heavy atom. The second kappa shape index (κ2) is 7.29. The minimum absolute atomic E-state index is 0.151. The lowest BCUT2D eigenvalue weighted by Gasteiger charge is -2.09. The third kappa shape index (κ3) is 3.93. The number of aliphatic carboxylic acids is 1. The third-order valence-electron chi connectivity index (χ3n) is 3.34. The van der Waals surface area contributed by atoms with Gasteiger partial charge in [0.15, 0.2) is 23.3 Å². The highest BCUT2D eigenvalue weighted by Gasteiger charge is 2.26. The van der Waals surface area contributed by atoms with E-state index in [9.17, 15) is 26.7 Å². The van der Waals surface area contributed by atoms with Gasteiger partial charge < -0.3 is 5.11 Å². The largest absolute Gasteiger partial charge is 0.478 e. The van der Waals surface area contributed by atoms with Gasteiger partial charge in [-0.25, -0.2) is 26.7 Å². The molecule has 1 N–H and O–H groups in total. The van der Waals surface area contributed by atoms with E-state index in [0.717, 1.165) is 6.08 Å². The molecule has 7 heteroatoms. The average Bonchev–Trinajstić information content (AvgIpc) is 2.57. The molecule has 0 bridgehead atoms. The van der Waals surface area contributed by atoms with Crippen molar-refractivity contribution < 1.29 is 31.9 Å². The van der Waals surface area contributed by atoms with Crippen LogP contribution < -0.4 is 0 Å². The fraction of sp³-hybridized carbons (Fsp3) is 0.0556. The first-order valence-corrected chi connectivity index (χ1v) is 6.93. The van der Waals surface area contributed by atoms with E-state index in [0.29, 0.717) is 11.1 Å². The molecule has 0 heterocycles. The number of carbonyl (C=O) groups is 1. The predicted molar refractivity (Wildman–Crippen MR) is 82.9 cm³/mol. The topological polar surface area (TPSA) is 37.3 Å². The van der Waals surface area contributed by atoms with Crippen LogP contribution in [-0.2, 0) is 4.79 Å². The number of benzene rings is 2. The van der Waals surface area contributed by atoms with Crippen LogP contribution in [-0.4, -0.2) is 11.1 Å². The van der Waals surface area contributed by atoms with Crippen LogP contribution in [0, 0.1) is 29.1 Å². The van der Waals surface area contributed by atoms with E-state index in [1.807, 2.05) is 0 Å². The molecule has 0 spiro atoms. The molecule has 0 radical (unpaired) electrons. The van der Waals surface area contributed by atoms with Gasteiger partial charge in [-0.3, -0.25) is 0 Å². The molecule has 0 saturated carbocycles. The molecule has 0 amide bonds. The van der Waals surface area contributed by atoms with Gasteiger partial charge in [0.05, 0.1) is 5.56 Å². The van der Waals surface area contributed by atoms with Gasteiger partial charge in [0, 0.05) is 6.08 Å². The lowest BCUT2D eigenvalue weighted by Crippen LogP contribution is -2.05. The van der Waals surface area contributed by atoms with E-state index in [1.165, 1.54) is 43.3 Å². The van der Waals surface area contributed by atoms with Crippen molar-refractivity contribution in [2.45, 2.75) is 6.92 Å². The minimum atomic E-state index is -2.21. The number of hydrogen-bond acceptors (Lipinski definition) is 1. The Bertz CT molecular complexity index is 854. The van der Waals surface area contributed by atoms with Crippen molar-refractivity contribution in [3.05, 3.63) is 76.1 Å². The fourth-order valence-corrected chi connectivity index (χ4v) is 2.14. The van der Waals surface area contributed by atoms with Crippen LogP contribution in [0.5, 0.6) is 0 Å². The monoisotopic (exact) mass is 354 g/mol. The van der Waals surface area contributed by atoms with Gasteiger partial charge in [-0.15, -0.1) is 0 Å². The van der Waals surface area contributed by atoms with Gasteiger partial charge in [-0.1, -0.05) is 30.3 Å². The molecular weight excluding hydrogens is 343 g/mol. The van der Waals surface area contributed by atoms with E-state index < -0.39 is 40.6 Å². The second-order valence-corrected chi connectivity index (χ2v) is 5.11. The van der Waals surface area contributed by atoms with Crippen LogP contribution in [0.25, 0.3) is 17.7 Å². The number of carboxylic acid groups (broad SMARTS) is 1. The summed E-state index contributed by atoms with van der Waals surface area (Å²) in [6.45, 7) is 1.22. The molecule has 2 aromatic carbocycles. The number of carboxylic acids is 1. The smallest absolute Gasteiger partial charge is 0.328 e. The van der Waals surface area contributed by atoms with Crippen molar-refractivity contribution in [1.29, 1.82) is 0 Å².